The summed E-state index contributed by atoms with van der Waals surface area (Å²) in [5.74, 6) is -0.268. The second-order valence-electron chi connectivity index (χ2n) is 7.26. The Kier molecular flexibility index (Phi) is 4.09. The molecule has 1 aromatic carbocycles. The smallest absolute Gasteiger partial charge is 0.331 e. The van der Waals surface area contributed by atoms with Crippen molar-refractivity contribution in [2.24, 2.45) is 0 Å². The van der Waals surface area contributed by atoms with Crippen molar-refractivity contribution in [3.05, 3.63) is 86.6 Å². The molecular formula is C21H18N6O3. The van der Waals surface area contributed by atoms with Gasteiger partial charge in [-0.3, -0.25) is 19.3 Å². The van der Waals surface area contributed by atoms with E-state index in [1.807, 2.05) is 37.3 Å². The standard InChI is InChI=1S/C21H18N6O3/c1-13-18(14-6-3-2-4-7-14)19-23-16-11-26(10-15(16)20(29)27(19)24-13)17(28)12-25-9-5-8-22-21(25)30/h2-9,24H,10-12H2,1H3. The van der Waals surface area contributed by atoms with Crippen LogP contribution in [0.4, 0.5) is 0 Å². The number of aryl methyl sites for hydroxylation is 1. The maximum absolute atomic E-state index is 13.1. The fourth-order valence-corrected chi connectivity index (χ4v) is 3.86. The van der Waals surface area contributed by atoms with Gasteiger partial charge in [-0.15, -0.1) is 0 Å². The van der Waals surface area contributed by atoms with Crippen LogP contribution in [0, 0.1) is 6.92 Å². The largest absolute Gasteiger partial charge is 0.347 e. The van der Waals surface area contributed by atoms with Gasteiger partial charge in [-0.25, -0.2) is 19.3 Å². The Morgan fingerprint density at radius 2 is 1.93 bits per heavy atom. The number of amides is 1. The summed E-state index contributed by atoms with van der Waals surface area (Å²) in [5, 5.41) is 3.10. The third kappa shape index (κ3) is 2.83. The molecule has 150 valence electrons. The maximum Gasteiger partial charge on any atom is 0.347 e. The van der Waals surface area contributed by atoms with E-state index in [1.165, 1.54) is 26.4 Å². The number of H-pyrrole nitrogens is 1. The van der Waals surface area contributed by atoms with Crippen LogP contribution in [-0.4, -0.2) is 35.0 Å². The average molecular weight is 402 g/mol. The molecule has 0 saturated carbocycles. The molecule has 1 amide bonds. The molecule has 1 aliphatic rings. The summed E-state index contributed by atoms with van der Waals surface area (Å²) in [6.07, 6.45) is 2.90. The number of aromatic nitrogens is 5. The molecule has 5 rings (SSSR count). The molecule has 0 radical (unpaired) electrons. The zero-order valence-corrected chi connectivity index (χ0v) is 16.2. The molecule has 0 unspecified atom stereocenters. The highest BCUT2D eigenvalue weighted by Gasteiger charge is 2.29. The second-order valence-corrected chi connectivity index (χ2v) is 7.26. The minimum absolute atomic E-state index is 0.131. The highest BCUT2D eigenvalue weighted by Crippen LogP contribution is 2.28. The number of rotatable bonds is 3. The summed E-state index contributed by atoms with van der Waals surface area (Å²) in [6, 6.07) is 11.3. The van der Waals surface area contributed by atoms with Gasteiger partial charge >= 0.3 is 5.69 Å². The molecule has 1 aliphatic heterocycles. The summed E-state index contributed by atoms with van der Waals surface area (Å²) >= 11 is 0. The van der Waals surface area contributed by atoms with Gasteiger partial charge in [0.15, 0.2) is 5.65 Å². The van der Waals surface area contributed by atoms with Crippen molar-refractivity contribution in [3.8, 4) is 11.1 Å². The van der Waals surface area contributed by atoms with E-state index >= 15 is 0 Å². The highest BCUT2D eigenvalue weighted by atomic mass is 16.2. The topological polar surface area (TPSA) is 105 Å². The third-order valence-corrected chi connectivity index (χ3v) is 5.33. The number of carbonyl (C=O) groups is 1. The van der Waals surface area contributed by atoms with E-state index < -0.39 is 5.69 Å². The molecule has 0 saturated heterocycles. The van der Waals surface area contributed by atoms with Crippen molar-refractivity contribution in [2.45, 2.75) is 26.6 Å². The number of hydrogen-bond acceptors (Lipinski definition) is 5. The zero-order chi connectivity index (χ0) is 20.8. The molecule has 0 atom stereocenters. The molecule has 9 nitrogen and oxygen atoms in total. The first-order valence-electron chi connectivity index (χ1n) is 9.50. The van der Waals surface area contributed by atoms with E-state index in [4.69, 9.17) is 4.98 Å². The van der Waals surface area contributed by atoms with Gasteiger partial charge in [0.05, 0.1) is 24.3 Å². The van der Waals surface area contributed by atoms with E-state index in [-0.39, 0.29) is 31.1 Å². The Balaban J connectivity index is 1.52. The maximum atomic E-state index is 13.1. The molecule has 0 bridgehead atoms. The van der Waals surface area contributed by atoms with Crippen molar-refractivity contribution in [1.82, 2.24) is 29.0 Å². The Hall–Kier alpha value is -4.01. The van der Waals surface area contributed by atoms with Crippen LogP contribution >= 0.6 is 0 Å². The van der Waals surface area contributed by atoms with E-state index in [2.05, 4.69) is 10.1 Å². The number of carbonyl (C=O) groups excluding carboxylic acids is 1. The van der Waals surface area contributed by atoms with Crippen LogP contribution in [0.1, 0.15) is 17.0 Å². The lowest BCUT2D eigenvalue weighted by Crippen LogP contribution is -2.34. The minimum atomic E-state index is -0.489. The normalized spacial score (nSPS) is 13.0. The quantitative estimate of drug-likeness (QED) is 0.552. The van der Waals surface area contributed by atoms with Crippen LogP contribution in [0.5, 0.6) is 0 Å². The van der Waals surface area contributed by atoms with Crippen molar-refractivity contribution in [2.75, 3.05) is 0 Å². The summed E-state index contributed by atoms with van der Waals surface area (Å²) in [6.45, 7) is 2.17. The SMILES string of the molecule is Cc1[nH]n2c(=O)c3c(nc2c1-c1ccccc1)CN(C(=O)Cn1cccnc1=O)C3. The Bertz CT molecular complexity index is 1400. The molecule has 0 fully saturated rings. The first-order valence-corrected chi connectivity index (χ1v) is 9.50. The minimum Gasteiger partial charge on any atom is -0.331 e. The average Bonchev–Trinajstić information content (AvgIpc) is 3.32. The number of nitrogens with zero attached hydrogens (tertiary/aromatic N) is 5. The van der Waals surface area contributed by atoms with Crippen molar-refractivity contribution in [3.63, 3.8) is 0 Å². The molecule has 0 aliphatic carbocycles. The van der Waals surface area contributed by atoms with Crippen molar-refractivity contribution in [1.29, 1.82) is 0 Å². The van der Waals surface area contributed by atoms with Gasteiger partial charge in [-0.2, -0.15) is 0 Å². The fourth-order valence-electron chi connectivity index (χ4n) is 3.86. The van der Waals surface area contributed by atoms with Crippen molar-refractivity contribution < 1.29 is 4.79 Å². The predicted molar refractivity (Wildman–Crippen MR) is 109 cm³/mol. The number of nitrogens with one attached hydrogen (secondary N) is 1. The second kappa shape index (κ2) is 6.80. The van der Waals surface area contributed by atoms with Gasteiger partial charge in [-0.1, -0.05) is 30.3 Å². The van der Waals surface area contributed by atoms with Crippen LogP contribution in [0.3, 0.4) is 0 Å². The van der Waals surface area contributed by atoms with E-state index in [0.29, 0.717) is 16.9 Å². The number of aromatic amines is 1. The van der Waals surface area contributed by atoms with Gasteiger partial charge < -0.3 is 4.90 Å². The first-order chi connectivity index (χ1) is 14.5. The van der Waals surface area contributed by atoms with Gasteiger partial charge in [0.1, 0.15) is 6.54 Å². The third-order valence-electron chi connectivity index (χ3n) is 5.33. The number of hydrogen-bond donors (Lipinski definition) is 1. The summed E-state index contributed by atoms with van der Waals surface area (Å²) in [7, 11) is 0. The van der Waals surface area contributed by atoms with Crippen LogP contribution in [0.2, 0.25) is 0 Å². The molecule has 4 heterocycles. The summed E-state index contributed by atoms with van der Waals surface area (Å²) in [5.41, 5.74) is 3.58. The molecule has 0 spiro atoms. The summed E-state index contributed by atoms with van der Waals surface area (Å²) in [4.78, 5) is 47.5. The van der Waals surface area contributed by atoms with Crippen LogP contribution in [0.25, 0.3) is 16.8 Å². The fraction of sp³-hybridized carbons (Fsp3) is 0.190. The molecular weight excluding hydrogens is 384 g/mol. The zero-order valence-electron chi connectivity index (χ0n) is 16.2. The van der Waals surface area contributed by atoms with Gasteiger partial charge in [0.2, 0.25) is 5.91 Å². The molecule has 9 heteroatoms. The van der Waals surface area contributed by atoms with Crippen LogP contribution < -0.4 is 11.2 Å². The molecule has 1 N–H and O–H groups in total. The molecule has 30 heavy (non-hydrogen) atoms. The van der Waals surface area contributed by atoms with Gasteiger partial charge in [0, 0.05) is 23.7 Å². The molecule has 3 aromatic heterocycles. The lowest BCUT2D eigenvalue weighted by Gasteiger charge is -2.15. The first kappa shape index (κ1) is 18.0. The van der Waals surface area contributed by atoms with Gasteiger partial charge in [0.25, 0.3) is 5.56 Å². The summed E-state index contributed by atoms with van der Waals surface area (Å²) < 4.78 is 2.68. The van der Waals surface area contributed by atoms with E-state index in [0.717, 1.165) is 16.8 Å². The van der Waals surface area contributed by atoms with Crippen molar-refractivity contribution >= 4 is 11.6 Å². The Morgan fingerprint density at radius 1 is 1.13 bits per heavy atom. The predicted octanol–water partition coefficient (Wildman–Crippen LogP) is 1.10. The monoisotopic (exact) mass is 402 g/mol. The number of fused-ring (bicyclic) bond motifs is 2. The van der Waals surface area contributed by atoms with Crippen LogP contribution in [0.15, 0.2) is 58.4 Å². The van der Waals surface area contributed by atoms with E-state index in [9.17, 15) is 14.4 Å². The lowest BCUT2D eigenvalue weighted by atomic mass is 10.1. The Labute approximate surface area is 170 Å². The molecule has 4 aromatic rings. The number of benzene rings is 1. The lowest BCUT2D eigenvalue weighted by molar-refractivity contribution is -0.132. The Morgan fingerprint density at radius 3 is 2.70 bits per heavy atom. The van der Waals surface area contributed by atoms with E-state index in [1.54, 1.807) is 6.07 Å². The van der Waals surface area contributed by atoms with Crippen LogP contribution in [-0.2, 0) is 24.4 Å². The highest BCUT2D eigenvalue weighted by molar-refractivity contribution is 5.80. The van der Waals surface area contributed by atoms with Gasteiger partial charge in [-0.05, 0) is 18.6 Å².